The van der Waals surface area contributed by atoms with Crippen LogP contribution < -0.4 is 10.1 Å². The number of amides is 1. The van der Waals surface area contributed by atoms with Crippen LogP contribution in [0.2, 0.25) is 0 Å². The summed E-state index contributed by atoms with van der Waals surface area (Å²) in [6.45, 7) is 4.55. The van der Waals surface area contributed by atoms with Gasteiger partial charge < -0.3 is 10.1 Å². The van der Waals surface area contributed by atoms with E-state index in [-0.39, 0.29) is 18.0 Å². The third-order valence-corrected chi connectivity index (χ3v) is 3.48. The lowest BCUT2D eigenvalue weighted by Gasteiger charge is -2.11. The van der Waals surface area contributed by atoms with Crippen molar-refractivity contribution in [3.8, 4) is 5.75 Å². The number of anilines is 1. The molecule has 0 aliphatic heterocycles. The Hall–Kier alpha value is -2.89. The lowest BCUT2D eigenvalue weighted by atomic mass is 10.1. The highest BCUT2D eigenvalue weighted by Crippen LogP contribution is 2.23. The fourth-order valence-electron chi connectivity index (χ4n) is 2.29. The molecule has 1 amide bonds. The molecule has 6 nitrogen and oxygen atoms in total. The number of nitro benzene ring substituents is 1. The maximum absolute atomic E-state index is 12.2. The minimum absolute atomic E-state index is 0.0484. The van der Waals surface area contributed by atoms with Crippen molar-refractivity contribution >= 4 is 17.3 Å². The smallest absolute Gasteiger partial charge is 0.273 e. The van der Waals surface area contributed by atoms with E-state index in [2.05, 4.69) is 5.32 Å². The van der Waals surface area contributed by atoms with Crippen molar-refractivity contribution in [3.05, 3.63) is 63.7 Å². The zero-order valence-corrected chi connectivity index (χ0v) is 13.7. The monoisotopic (exact) mass is 328 g/mol. The molecular formula is C18H20N2O4. The Kier molecular flexibility index (Phi) is 5.89. The molecule has 0 fully saturated rings. The molecule has 126 valence electrons. The summed E-state index contributed by atoms with van der Waals surface area (Å²) in [5.41, 5.74) is 1.88. The molecule has 1 N–H and O–H groups in total. The molecule has 6 heteroatoms. The molecular weight excluding hydrogens is 308 g/mol. The highest BCUT2D eigenvalue weighted by Gasteiger charge is 2.16. The van der Waals surface area contributed by atoms with Gasteiger partial charge in [-0.25, -0.2) is 0 Å². The lowest BCUT2D eigenvalue weighted by Crippen LogP contribution is -2.16. The molecule has 0 spiro atoms. The molecule has 0 saturated carbocycles. The van der Waals surface area contributed by atoms with E-state index in [1.165, 1.54) is 6.07 Å². The van der Waals surface area contributed by atoms with Crippen LogP contribution in [0.4, 0.5) is 11.4 Å². The maximum atomic E-state index is 12.2. The van der Waals surface area contributed by atoms with Gasteiger partial charge in [-0.3, -0.25) is 14.9 Å². The van der Waals surface area contributed by atoms with E-state index >= 15 is 0 Å². The van der Waals surface area contributed by atoms with Gasteiger partial charge in [0, 0.05) is 17.3 Å². The topological polar surface area (TPSA) is 81.5 Å². The van der Waals surface area contributed by atoms with E-state index in [1.807, 2.05) is 19.9 Å². The molecule has 2 aromatic carbocycles. The molecule has 0 heterocycles. The van der Waals surface area contributed by atoms with E-state index in [1.54, 1.807) is 30.3 Å². The Morgan fingerprint density at radius 1 is 1.25 bits per heavy atom. The Balaban J connectivity index is 2.06. The number of ether oxygens (including phenoxy) is 1. The number of nitrogens with one attached hydrogen (secondary N) is 1. The first kappa shape index (κ1) is 17.5. The molecule has 2 aromatic rings. The predicted octanol–water partition coefficient (Wildman–Crippen LogP) is 3.87. The number of carbonyl (C=O) groups excluding carboxylic acids is 1. The SMILES string of the molecule is CCCOc1ccc(NC(=O)Cc2ccccc2[N+](=O)[O-])c(C)c1. The molecule has 0 radical (unpaired) electrons. The zero-order chi connectivity index (χ0) is 17.5. The first-order valence-corrected chi connectivity index (χ1v) is 7.77. The Bertz CT molecular complexity index is 744. The summed E-state index contributed by atoms with van der Waals surface area (Å²) in [5, 5.41) is 13.8. The minimum atomic E-state index is -0.478. The van der Waals surface area contributed by atoms with Gasteiger partial charge in [-0.15, -0.1) is 0 Å². The van der Waals surface area contributed by atoms with Gasteiger partial charge in [-0.2, -0.15) is 0 Å². The first-order valence-electron chi connectivity index (χ1n) is 7.77. The average Bonchev–Trinajstić information content (AvgIpc) is 2.55. The Labute approximate surface area is 140 Å². The van der Waals surface area contributed by atoms with Crippen molar-refractivity contribution < 1.29 is 14.5 Å². The van der Waals surface area contributed by atoms with Crippen molar-refractivity contribution in [3.63, 3.8) is 0 Å². The second kappa shape index (κ2) is 8.10. The van der Waals surface area contributed by atoms with Gasteiger partial charge in [-0.05, 0) is 37.1 Å². The molecule has 2 rings (SSSR count). The van der Waals surface area contributed by atoms with Crippen LogP contribution in [0, 0.1) is 17.0 Å². The molecule has 0 saturated heterocycles. The van der Waals surface area contributed by atoms with Gasteiger partial charge in [0.05, 0.1) is 18.0 Å². The fourth-order valence-corrected chi connectivity index (χ4v) is 2.29. The minimum Gasteiger partial charge on any atom is -0.494 e. The Morgan fingerprint density at radius 3 is 2.67 bits per heavy atom. The summed E-state index contributed by atoms with van der Waals surface area (Å²) >= 11 is 0. The summed E-state index contributed by atoms with van der Waals surface area (Å²) < 4.78 is 5.55. The van der Waals surface area contributed by atoms with Crippen molar-refractivity contribution in [2.24, 2.45) is 0 Å². The van der Waals surface area contributed by atoms with Crippen LogP contribution in [-0.4, -0.2) is 17.4 Å². The van der Waals surface area contributed by atoms with Crippen LogP contribution in [0.25, 0.3) is 0 Å². The third-order valence-electron chi connectivity index (χ3n) is 3.48. The molecule has 0 aliphatic rings. The van der Waals surface area contributed by atoms with E-state index in [0.717, 1.165) is 17.7 Å². The standard InChI is InChI=1S/C18H20N2O4/c1-3-10-24-15-8-9-16(13(2)11-15)19-18(21)12-14-6-4-5-7-17(14)20(22)23/h4-9,11H,3,10,12H2,1-2H3,(H,19,21). The predicted molar refractivity (Wildman–Crippen MR) is 92.4 cm³/mol. The van der Waals surface area contributed by atoms with Gasteiger partial charge in [0.15, 0.2) is 0 Å². The third kappa shape index (κ3) is 4.55. The molecule has 0 aliphatic carbocycles. The number of para-hydroxylation sites is 1. The van der Waals surface area contributed by atoms with E-state index in [0.29, 0.717) is 17.9 Å². The Morgan fingerprint density at radius 2 is 2.00 bits per heavy atom. The van der Waals surface area contributed by atoms with E-state index < -0.39 is 4.92 Å². The number of hydrogen-bond acceptors (Lipinski definition) is 4. The summed E-state index contributed by atoms with van der Waals surface area (Å²) in [6, 6.07) is 11.7. The normalized spacial score (nSPS) is 10.2. The molecule has 0 atom stereocenters. The number of rotatable bonds is 7. The summed E-state index contributed by atoms with van der Waals surface area (Å²) in [4.78, 5) is 22.7. The van der Waals surface area contributed by atoms with Crippen molar-refractivity contribution in [1.82, 2.24) is 0 Å². The van der Waals surface area contributed by atoms with Crippen LogP contribution in [0.3, 0.4) is 0 Å². The quantitative estimate of drug-likeness (QED) is 0.618. The largest absolute Gasteiger partial charge is 0.494 e. The van der Waals surface area contributed by atoms with Crippen LogP contribution in [0.1, 0.15) is 24.5 Å². The number of nitro groups is 1. The van der Waals surface area contributed by atoms with E-state index in [9.17, 15) is 14.9 Å². The van der Waals surface area contributed by atoms with Crippen molar-refractivity contribution in [1.29, 1.82) is 0 Å². The summed E-state index contributed by atoms with van der Waals surface area (Å²) in [5.74, 6) is 0.459. The average molecular weight is 328 g/mol. The molecule has 0 aromatic heterocycles. The number of benzene rings is 2. The molecule has 0 unspecified atom stereocenters. The second-order valence-corrected chi connectivity index (χ2v) is 5.44. The van der Waals surface area contributed by atoms with Gasteiger partial charge in [0.25, 0.3) is 5.69 Å². The zero-order valence-electron chi connectivity index (χ0n) is 13.7. The fraction of sp³-hybridized carbons (Fsp3) is 0.278. The number of carbonyl (C=O) groups is 1. The van der Waals surface area contributed by atoms with Crippen molar-refractivity contribution in [2.45, 2.75) is 26.7 Å². The number of nitrogens with zero attached hydrogens (tertiary/aromatic N) is 1. The van der Waals surface area contributed by atoms with Crippen LogP contribution in [0.15, 0.2) is 42.5 Å². The maximum Gasteiger partial charge on any atom is 0.273 e. The van der Waals surface area contributed by atoms with Crippen LogP contribution >= 0.6 is 0 Å². The summed E-state index contributed by atoms with van der Waals surface area (Å²) in [6.07, 6.45) is 0.873. The highest BCUT2D eigenvalue weighted by atomic mass is 16.6. The van der Waals surface area contributed by atoms with Gasteiger partial charge in [-0.1, -0.05) is 25.1 Å². The van der Waals surface area contributed by atoms with Gasteiger partial charge in [0.1, 0.15) is 5.75 Å². The lowest BCUT2D eigenvalue weighted by molar-refractivity contribution is -0.385. The number of aryl methyl sites for hydroxylation is 1. The van der Waals surface area contributed by atoms with Gasteiger partial charge in [0.2, 0.25) is 5.91 Å². The van der Waals surface area contributed by atoms with E-state index in [4.69, 9.17) is 4.74 Å². The van der Waals surface area contributed by atoms with Crippen LogP contribution in [0.5, 0.6) is 5.75 Å². The first-order chi connectivity index (χ1) is 11.5. The highest BCUT2D eigenvalue weighted by molar-refractivity contribution is 5.93. The molecule has 0 bridgehead atoms. The van der Waals surface area contributed by atoms with Gasteiger partial charge >= 0.3 is 0 Å². The van der Waals surface area contributed by atoms with Crippen LogP contribution in [-0.2, 0) is 11.2 Å². The molecule has 24 heavy (non-hydrogen) atoms. The second-order valence-electron chi connectivity index (χ2n) is 5.44. The number of hydrogen-bond donors (Lipinski definition) is 1. The van der Waals surface area contributed by atoms with Crippen molar-refractivity contribution in [2.75, 3.05) is 11.9 Å². The summed E-state index contributed by atoms with van der Waals surface area (Å²) in [7, 11) is 0.